The molecule has 78 heavy (non-hydrogen) atoms. The van der Waals surface area contributed by atoms with Gasteiger partial charge in [-0.1, -0.05) is 185 Å². The van der Waals surface area contributed by atoms with Crippen molar-refractivity contribution in [1.82, 2.24) is 0 Å². The van der Waals surface area contributed by atoms with Gasteiger partial charge in [-0.3, -0.25) is 0 Å². The molecule has 0 atom stereocenters. The first-order chi connectivity index (χ1) is 38.2. The van der Waals surface area contributed by atoms with Gasteiger partial charge >= 0.3 is 0 Å². The highest BCUT2D eigenvalue weighted by Crippen LogP contribution is 2.57. The SMILES string of the molecule is CC1(C)c2ccccc2-c2ccc(-c3ccccc3-c3c4ccc(N5c6ccccc6Oc6ccccc65)cc4c(-c4ccc5c(c4)C(C)(C)c4ccccc4-5)c4ccc(N5c6ccccc6Oc6ccccc65)cc34)cc21. The van der Waals surface area contributed by atoms with Gasteiger partial charge in [-0.2, -0.15) is 0 Å². The first-order valence-electron chi connectivity index (χ1n) is 27.2. The van der Waals surface area contributed by atoms with Gasteiger partial charge in [0.05, 0.1) is 22.7 Å². The zero-order valence-electron chi connectivity index (χ0n) is 43.8. The first-order valence-corrected chi connectivity index (χ1v) is 27.2. The highest BCUT2D eigenvalue weighted by atomic mass is 16.5. The van der Waals surface area contributed by atoms with Crippen molar-refractivity contribution in [1.29, 1.82) is 0 Å². The standard InChI is InChI=1S/C74H52N2O2/c1-73(2)59-23-9-7-20-50(59)52-37-33-45(41-61(52)73)49-19-5-6-22-54(49)72-56-40-36-47(75-63-25-11-15-29-67(63)77-68-30-16-12-26-64(68)75)43-57(56)71(46-34-38-53-51-21-8-10-24-60(51)74(3,4)62(53)42-46)55-39-35-48(44-58(55)72)76-65-27-13-17-31-69(65)78-70-32-18-14-28-66(70)76/h5-44H,1-4H3. The molecule has 0 saturated carbocycles. The summed E-state index contributed by atoms with van der Waals surface area (Å²) in [6.45, 7) is 9.51. The summed E-state index contributed by atoms with van der Waals surface area (Å²) in [5.74, 6) is 3.29. The number of anilines is 6. The fourth-order valence-corrected chi connectivity index (χ4v) is 13.7. The largest absolute Gasteiger partial charge is 0.453 e. The number of fused-ring (bicyclic) bond motifs is 12. The summed E-state index contributed by atoms with van der Waals surface area (Å²) in [5, 5.41) is 4.67. The lowest BCUT2D eigenvalue weighted by molar-refractivity contribution is 0.477. The maximum absolute atomic E-state index is 6.60. The molecule has 0 radical (unpaired) electrons. The first kappa shape index (κ1) is 44.6. The van der Waals surface area contributed by atoms with Gasteiger partial charge in [0, 0.05) is 22.2 Å². The molecular weight excluding hydrogens is 949 g/mol. The Balaban J connectivity index is 1.02. The molecule has 0 spiro atoms. The average molecular weight is 1000 g/mol. The van der Waals surface area contributed by atoms with E-state index < -0.39 is 0 Å². The second kappa shape index (κ2) is 16.4. The Bertz CT molecular complexity index is 4450. The van der Waals surface area contributed by atoms with Gasteiger partial charge in [0.15, 0.2) is 23.0 Å². The van der Waals surface area contributed by atoms with E-state index in [1.165, 1.54) is 94.0 Å². The summed E-state index contributed by atoms with van der Waals surface area (Å²) in [5.41, 5.74) is 23.5. The number of hydrogen-bond acceptors (Lipinski definition) is 4. The summed E-state index contributed by atoms with van der Waals surface area (Å²) in [6.07, 6.45) is 0. The van der Waals surface area contributed by atoms with Crippen LogP contribution in [0.15, 0.2) is 243 Å². The Labute approximate surface area is 454 Å². The Morgan fingerprint density at radius 3 is 1.12 bits per heavy atom. The fraction of sp³-hybridized carbons (Fsp3) is 0.0811. The van der Waals surface area contributed by atoms with Crippen LogP contribution in [0, 0.1) is 0 Å². The molecule has 0 unspecified atom stereocenters. The van der Waals surface area contributed by atoms with Crippen LogP contribution in [0.3, 0.4) is 0 Å². The number of nitrogens with zero attached hydrogens (tertiary/aromatic N) is 2. The molecule has 2 aliphatic carbocycles. The highest BCUT2D eigenvalue weighted by Gasteiger charge is 2.38. The smallest absolute Gasteiger partial charge is 0.151 e. The summed E-state index contributed by atoms with van der Waals surface area (Å²) < 4.78 is 13.2. The van der Waals surface area contributed by atoms with Gasteiger partial charge in [0.25, 0.3) is 0 Å². The quantitative estimate of drug-likeness (QED) is 0.160. The van der Waals surface area contributed by atoms with Crippen molar-refractivity contribution in [2.75, 3.05) is 9.80 Å². The van der Waals surface area contributed by atoms with Gasteiger partial charge in [0.2, 0.25) is 0 Å². The number of rotatable bonds is 5. The normalized spacial score (nSPS) is 14.5. The minimum absolute atomic E-state index is 0.156. The molecular formula is C74H52N2O2. The summed E-state index contributed by atoms with van der Waals surface area (Å²) in [7, 11) is 0. The Morgan fingerprint density at radius 1 is 0.269 bits per heavy atom. The lowest BCUT2D eigenvalue weighted by Gasteiger charge is -2.34. The number of hydrogen-bond donors (Lipinski definition) is 0. The molecule has 0 N–H and O–H groups in total. The maximum atomic E-state index is 6.60. The molecule has 4 heteroatoms. The lowest BCUT2D eigenvalue weighted by Crippen LogP contribution is -2.16. The van der Waals surface area contributed by atoms with Gasteiger partial charge in [-0.25, -0.2) is 0 Å². The molecule has 370 valence electrons. The molecule has 4 nitrogen and oxygen atoms in total. The van der Waals surface area contributed by atoms with Crippen LogP contribution in [0.25, 0.3) is 77.2 Å². The van der Waals surface area contributed by atoms with Gasteiger partial charge in [-0.15, -0.1) is 0 Å². The van der Waals surface area contributed by atoms with Crippen molar-refractivity contribution in [3.63, 3.8) is 0 Å². The third kappa shape index (κ3) is 6.35. The average Bonchev–Trinajstić information content (AvgIpc) is 4.02. The van der Waals surface area contributed by atoms with Crippen LogP contribution in [0.1, 0.15) is 49.9 Å². The Hall–Kier alpha value is -9.64. The summed E-state index contributed by atoms with van der Waals surface area (Å²) in [4.78, 5) is 4.75. The van der Waals surface area contributed by atoms with Crippen molar-refractivity contribution in [3.8, 4) is 78.6 Å². The van der Waals surface area contributed by atoms with E-state index in [1.807, 2.05) is 0 Å². The molecule has 12 aromatic rings. The monoisotopic (exact) mass is 1000 g/mol. The third-order valence-corrected chi connectivity index (χ3v) is 17.4. The minimum atomic E-state index is -0.200. The van der Waals surface area contributed by atoms with Crippen LogP contribution in [0.5, 0.6) is 23.0 Å². The highest BCUT2D eigenvalue weighted by molar-refractivity contribution is 6.24. The van der Waals surface area contributed by atoms with Gasteiger partial charge in [-0.05, 0) is 184 Å². The van der Waals surface area contributed by atoms with Crippen molar-refractivity contribution in [2.24, 2.45) is 0 Å². The summed E-state index contributed by atoms with van der Waals surface area (Å²) >= 11 is 0. The van der Waals surface area contributed by atoms with E-state index in [0.29, 0.717) is 0 Å². The Kier molecular flexibility index (Phi) is 9.40. The van der Waals surface area contributed by atoms with E-state index in [1.54, 1.807) is 0 Å². The second-order valence-electron chi connectivity index (χ2n) is 22.4. The van der Waals surface area contributed by atoms with Crippen LogP contribution in [0.4, 0.5) is 34.1 Å². The van der Waals surface area contributed by atoms with Crippen molar-refractivity contribution in [2.45, 2.75) is 38.5 Å². The van der Waals surface area contributed by atoms with E-state index in [2.05, 4.69) is 280 Å². The van der Waals surface area contributed by atoms with Crippen LogP contribution in [0.2, 0.25) is 0 Å². The Morgan fingerprint density at radius 2 is 0.628 bits per heavy atom. The van der Waals surface area contributed by atoms with Gasteiger partial charge < -0.3 is 19.3 Å². The van der Waals surface area contributed by atoms with Crippen LogP contribution in [-0.2, 0) is 10.8 Å². The predicted octanol–water partition coefficient (Wildman–Crippen LogP) is 20.8. The van der Waals surface area contributed by atoms with E-state index in [9.17, 15) is 0 Å². The molecule has 0 bridgehead atoms. The minimum Gasteiger partial charge on any atom is -0.453 e. The molecule has 12 aromatic carbocycles. The summed E-state index contributed by atoms with van der Waals surface area (Å²) in [6, 6.07) is 89.2. The third-order valence-electron chi connectivity index (χ3n) is 17.4. The fourth-order valence-electron chi connectivity index (χ4n) is 13.7. The van der Waals surface area contributed by atoms with Crippen molar-refractivity contribution < 1.29 is 9.47 Å². The van der Waals surface area contributed by atoms with E-state index in [4.69, 9.17) is 9.47 Å². The molecule has 4 aliphatic rings. The van der Waals surface area contributed by atoms with Crippen LogP contribution >= 0.6 is 0 Å². The van der Waals surface area contributed by atoms with Crippen molar-refractivity contribution in [3.05, 3.63) is 265 Å². The molecule has 2 aliphatic heterocycles. The van der Waals surface area contributed by atoms with Crippen molar-refractivity contribution >= 4 is 55.7 Å². The molecule has 0 amide bonds. The van der Waals surface area contributed by atoms with Crippen LogP contribution < -0.4 is 19.3 Å². The molecule has 0 aromatic heterocycles. The lowest BCUT2D eigenvalue weighted by atomic mass is 9.79. The molecule has 0 saturated heterocycles. The zero-order valence-corrected chi connectivity index (χ0v) is 43.8. The number of para-hydroxylation sites is 8. The second-order valence-corrected chi connectivity index (χ2v) is 22.4. The topological polar surface area (TPSA) is 24.9 Å². The van der Waals surface area contributed by atoms with Gasteiger partial charge in [0.1, 0.15) is 0 Å². The van der Waals surface area contributed by atoms with E-state index in [-0.39, 0.29) is 10.8 Å². The molecule has 2 heterocycles. The number of ether oxygens (including phenoxy) is 2. The van der Waals surface area contributed by atoms with E-state index >= 15 is 0 Å². The predicted molar refractivity (Wildman–Crippen MR) is 322 cm³/mol. The molecule has 0 fully saturated rings. The number of benzene rings is 12. The maximum Gasteiger partial charge on any atom is 0.151 e. The zero-order chi connectivity index (χ0) is 52.0. The van der Waals surface area contributed by atoms with E-state index in [0.717, 1.165) is 62.5 Å². The molecule has 16 rings (SSSR count). The van der Waals surface area contributed by atoms with Crippen LogP contribution in [-0.4, -0.2) is 0 Å².